The average molecular weight is 219 g/mol. The van der Waals surface area contributed by atoms with Crippen molar-refractivity contribution in [3.63, 3.8) is 0 Å². The molecule has 0 aliphatic carbocycles. The van der Waals surface area contributed by atoms with E-state index in [2.05, 4.69) is 5.32 Å². The van der Waals surface area contributed by atoms with E-state index in [1.807, 2.05) is 18.2 Å². The first-order chi connectivity index (χ1) is 7.84. The lowest BCUT2D eigenvalue weighted by Gasteiger charge is -2.19. The predicted octanol–water partition coefficient (Wildman–Crippen LogP) is 1.06. The SMILES string of the molecule is O=C1NCCC1c1ccc2c(c1)OCCO2. The Kier molecular flexibility index (Phi) is 2.20. The molecule has 16 heavy (non-hydrogen) atoms. The van der Waals surface area contributed by atoms with E-state index in [9.17, 15) is 4.79 Å². The number of benzene rings is 1. The van der Waals surface area contributed by atoms with Crippen molar-refractivity contribution in [2.45, 2.75) is 12.3 Å². The lowest BCUT2D eigenvalue weighted by molar-refractivity contribution is -0.120. The van der Waals surface area contributed by atoms with Gasteiger partial charge in [0.25, 0.3) is 0 Å². The van der Waals surface area contributed by atoms with Crippen LogP contribution in [-0.4, -0.2) is 25.7 Å². The molecule has 84 valence electrons. The number of hydrogen-bond donors (Lipinski definition) is 1. The van der Waals surface area contributed by atoms with E-state index in [0.29, 0.717) is 13.2 Å². The van der Waals surface area contributed by atoms with E-state index in [1.54, 1.807) is 0 Å². The molecular formula is C12H13NO3. The normalized spacial score (nSPS) is 23.0. The molecule has 0 saturated carbocycles. The van der Waals surface area contributed by atoms with Crippen molar-refractivity contribution in [1.29, 1.82) is 0 Å². The van der Waals surface area contributed by atoms with Crippen LogP contribution in [0.15, 0.2) is 18.2 Å². The predicted molar refractivity (Wildman–Crippen MR) is 57.8 cm³/mol. The lowest BCUT2D eigenvalue weighted by atomic mass is 9.97. The number of ether oxygens (including phenoxy) is 2. The Morgan fingerprint density at radius 1 is 1.19 bits per heavy atom. The van der Waals surface area contributed by atoms with Crippen LogP contribution in [0, 0.1) is 0 Å². The summed E-state index contributed by atoms with van der Waals surface area (Å²) in [6.45, 7) is 1.93. The molecule has 1 unspecified atom stereocenters. The fourth-order valence-electron chi connectivity index (χ4n) is 2.19. The molecule has 2 heterocycles. The Hall–Kier alpha value is -1.71. The molecule has 1 saturated heterocycles. The Balaban J connectivity index is 1.93. The van der Waals surface area contributed by atoms with E-state index in [1.165, 1.54) is 0 Å². The molecule has 1 N–H and O–H groups in total. The van der Waals surface area contributed by atoms with Gasteiger partial charge in [-0.15, -0.1) is 0 Å². The van der Waals surface area contributed by atoms with Crippen molar-refractivity contribution in [3.05, 3.63) is 23.8 Å². The van der Waals surface area contributed by atoms with Gasteiger partial charge in [0.15, 0.2) is 11.5 Å². The highest BCUT2D eigenvalue weighted by Gasteiger charge is 2.26. The first kappa shape index (κ1) is 9.51. The molecule has 3 rings (SSSR count). The van der Waals surface area contributed by atoms with E-state index < -0.39 is 0 Å². The molecule has 2 aliphatic heterocycles. The molecule has 0 spiro atoms. The topological polar surface area (TPSA) is 47.6 Å². The molecule has 0 radical (unpaired) electrons. The first-order valence-electron chi connectivity index (χ1n) is 5.52. The van der Waals surface area contributed by atoms with E-state index in [0.717, 1.165) is 30.0 Å². The van der Waals surface area contributed by atoms with Crippen molar-refractivity contribution in [2.75, 3.05) is 19.8 Å². The maximum Gasteiger partial charge on any atom is 0.227 e. The van der Waals surface area contributed by atoms with Gasteiger partial charge in [0.1, 0.15) is 13.2 Å². The minimum atomic E-state index is -0.0316. The third-order valence-corrected chi connectivity index (χ3v) is 3.02. The zero-order valence-corrected chi connectivity index (χ0v) is 8.86. The Labute approximate surface area is 93.5 Å². The summed E-state index contributed by atoms with van der Waals surface area (Å²) in [5, 5.41) is 2.84. The minimum absolute atomic E-state index is 0.0316. The highest BCUT2D eigenvalue weighted by molar-refractivity contribution is 5.85. The number of carbonyl (C=O) groups is 1. The largest absolute Gasteiger partial charge is 0.486 e. The maximum absolute atomic E-state index is 11.6. The standard InChI is InChI=1S/C12H13NO3/c14-12-9(3-4-13-12)8-1-2-10-11(7-8)16-6-5-15-10/h1-2,7,9H,3-6H2,(H,13,14). The Morgan fingerprint density at radius 3 is 2.75 bits per heavy atom. The first-order valence-corrected chi connectivity index (χ1v) is 5.52. The van der Waals surface area contributed by atoms with Crippen LogP contribution in [0.3, 0.4) is 0 Å². The minimum Gasteiger partial charge on any atom is -0.486 e. The third kappa shape index (κ3) is 1.50. The monoisotopic (exact) mass is 219 g/mol. The zero-order valence-electron chi connectivity index (χ0n) is 8.86. The molecule has 1 atom stereocenters. The number of hydrogen-bond acceptors (Lipinski definition) is 3. The highest BCUT2D eigenvalue weighted by atomic mass is 16.6. The summed E-state index contributed by atoms with van der Waals surface area (Å²) in [5.41, 5.74) is 1.01. The molecule has 1 amide bonds. The molecule has 2 aliphatic rings. The number of carbonyl (C=O) groups excluding carboxylic acids is 1. The molecule has 1 aromatic rings. The van der Waals surface area contributed by atoms with Gasteiger partial charge in [0.05, 0.1) is 5.92 Å². The summed E-state index contributed by atoms with van der Waals surface area (Å²) in [5.74, 6) is 1.60. The number of fused-ring (bicyclic) bond motifs is 1. The van der Waals surface area contributed by atoms with Crippen LogP contribution in [0.2, 0.25) is 0 Å². The molecule has 4 heteroatoms. The van der Waals surface area contributed by atoms with Crippen molar-refractivity contribution >= 4 is 5.91 Å². The smallest absolute Gasteiger partial charge is 0.227 e. The number of amides is 1. The Morgan fingerprint density at radius 2 is 2.00 bits per heavy atom. The van der Waals surface area contributed by atoms with Crippen molar-refractivity contribution in [1.82, 2.24) is 5.32 Å². The third-order valence-electron chi connectivity index (χ3n) is 3.02. The van der Waals surface area contributed by atoms with Gasteiger partial charge in [-0.2, -0.15) is 0 Å². The van der Waals surface area contributed by atoms with Gasteiger partial charge in [0.2, 0.25) is 5.91 Å². The quantitative estimate of drug-likeness (QED) is 0.768. The van der Waals surface area contributed by atoms with Crippen molar-refractivity contribution in [2.24, 2.45) is 0 Å². The molecular weight excluding hydrogens is 206 g/mol. The zero-order chi connectivity index (χ0) is 11.0. The summed E-state index contributed by atoms with van der Waals surface area (Å²) in [6, 6.07) is 5.75. The summed E-state index contributed by atoms with van der Waals surface area (Å²) in [4.78, 5) is 11.6. The Bertz CT molecular complexity index is 430. The number of rotatable bonds is 1. The van der Waals surface area contributed by atoms with Gasteiger partial charge in [-0.25, -0.2) is 0 Å². The number of nitrogens with one attached hydrogen (secondary N) is 1. The fourth-order valence-corrected chi connectivity index (χ4v) is 2.19. The lowest BCUT2D eigenvalue weighted by Crippen LogP contribution is -2.19. The summed E-state index contributed by atoms with van der Waals surface area (Å²) in [6.07, 6.45) is 0.860. The van der Waals surface area contributed by atoms with Gasteiger partial charge < -0.3 is 14.8 Å². The molecule has 4 nitrogen and oxygen atoms in total. The summed E-state index contributed by atoms with van der Waals surface area (Å²) in [7, 11) is 0. The second kappa shape index (κ2) is 3.70. The fraction of sp³-hybridized carbons (Fsp3) is 0.417. The second-order valence-corrected chi connectivity index (χ2v) is 4.04. The van der Waals surface area contributed by atoms with Gasteiger partial charge in [0, 0.05) is 6.54 Å². The molecule has 0 aromatic heterocycles. The maximum atomic E-state index is 11.6. The summed E-state index contributed by atoms with van der Waals surface area (Å²) < 4.78 is 10.9. The van der Waals surface area contributed by atoms with Crippen LogP contribution in [0.5, 0.6) is 11.5 Å². The van der Waals surface area contributed by atoms with Gasteiger partial charge >= 0.3 is 0 Å². The van der Waals surface area contributed by atoms with Crippen LogP contribution in [0.25, 0.3) is 0 Å². The van der Waals surface area contributed by atoms with Gasteiger partial charge in [-0.3, -0.25) is 4.79 Å². The second-order valence-electron chi connectivity index (χ2n) is 4.04. The van der Waals surface area contributed by atoms with E-state index >= 15 is 0 Å². The van der Waals surface area contributed by atoms with Crippen LogP contribution in [0.1, 0.15) is 17.9 Å². The van der Waals surface area contributed by atoms with Crippen LogP contribution in [0.4, 0.5) is 0 Å². The van der Waals surface area contributed by atoms with Crippen molar-refractivity contribution in [3.8, 4) is 11.5 Å². The average Bonchev–Trinajstić information content (AvgIpc) is 2.75. The van der Waals surface area contributed by atoms with Crippen LogP contribution >= 0.6 is 0 Å². The molecule has 1 aromatic carbocycles. The van der Waals surface area contributed by atoms with Crippen molar-refractivity contribution < 1.29 is 14.3 Å². The van der Waals surface area contributed by atoms with E-state index in [4.69, 9.17) is 9.47 Å². The molecule has 1 fully saturated rings. The highest BCUT2D eigenvalue weighted by Crippen LogP contribution is 2.34. The summed E-state index contributed by atoms with van der Waals surface area (Å²) >= 11 is 0. The van der Waals surface area contributed by atoms with Gasteiger partial charge in [-0.1, -0.05) is 6.07 Å². The molecule has 0 bridgehead atoms. The van der Waals surface area contributed by atoms with Crippen LogP contribution in [-0.2, 0) is 4.79 Å². The van der Waals surface area contributed by atoms with E-state index in [-0.39, 0.29) is 11.8 Å². The van der Waals surface area contributed by atoms with Gasteiger partial charge in [-0.05, 0) is 24.1 Å². The van der Waals surface area contributed by atoms with Crippen LogP contribution < -0.4 is 14.8 Å².